The molecule has 5 atom stereocenters. The van der Waals surface area contributed by atoms with Crippen LogP contribution in [0, 0.1) is 5.41 Å². The van der Waals surface area contributed by atoms with Gasteiger partial charge < -0.3 is 65.8 Å². The molecule has 3 rings (SSSR count). The first-order valence-electron chi connectivity index (χ1n) is 10.3. The molecule has 1 aliphatic heterocycles. The fraction of sp³-hybridized carbons (Fsp3) is 0.500. The van der Waals surface area contributed by atoms with Crippen molar-refractivity contribution >= 4 is 52.4 Å². The number of hydrogen-bond acceptors (Lipinski definition) is 14. The number of hydrogen-bond donors (Lipinski definition) is 12. The van der Waals surface area contributed by atoms with Crippen LogP contribution in [0.15, 0.2) is 12.7 Å². The summed E-state index contributed by atoms with van der Waals surface area (Å²) in [4.78, 5) is 70.7. The van der Waals surface area contributed by atoms with Crippen molar-refractivity contribution in [3.8, 4) is 0 Å². The second kappa shape index (κ2) is 14.5. The molecule has 1 aliphatic rings. The fourth-order valence-electron chi connectivity index (χ4n) is 2.77. The molecule has 0 aliphatic carbocycles. The van der Waals surface area contributed by atoms with Crippen LogP contribution in [0.2, 0.25) is 0 Å². The number of fused-ring (bicyclic) bond motifs is 1. The molecule has 24 nitrogen and oxygen atoms in total. The van der Waals surface area contributed by atoms with Crippen molar-refractivity contribution in [2.75, 3.05) is 25.9 Å². The molecule has 1 saturated heterocycles. The van der Waals surface area contributed by atoms with Gasteiger partial charge in [-0.3, -0.25) is 19.3 Å². The van der Waals surface area contributed by atoms with Gasteiger partial charge in [0.25, 0.3) is 0 Å². The zero-order chi connectivity index (χ0) is 31.9. The molecule has 0 bridgehead atoms. The molecule has 2 aromatic heterocycles. The largest absolute Gasteiger partial charge is 0.481 e. The molecule has 0 aromatic carbocycles. The van der Waals surface area contributed by atoms with Crippen molar-refractivity contribution in [3.63, 3.8) is 0 Å². The number of carbonyl (C=O) groups is 1. The zero-order valence-electron chi connectivity index (χ0n) is 20.5. The Labute approximate surface area is 228 Å². The predicted octanol–water partition coefficient (Wildman–Crippen LogP) is -3.78. The number of imidazole rings is 1. The Hall–Kier alpha value is -2.66. The molecule has 0 saturated carbocycles. The Bertz CT molecular complexity index is 1340. The summed E-state index contributed by atoms with van der Waals surface area (Å²) in [5, 5.41) is 35.1. The van der Waals surface area contributed by atoms with Crippen molar-refractivity contribution in [2.45, 2.75) is 24.5 Å². The lowest BCUT2D eigenvalue weighted by atomic mass is 10.1. The average Bonchev–Trinajstić information content (AvgIpc) is 3.32. The number of carboxylic acid groups (broad SMARTS) is 1. The zero-order valence-corrected chi connectivity index (χ0v) is 23.2. The molecule has 2 aromatic rings. The third kappa shape index (κ3) is 12.8. The first kappa shape index (κ1) is 36.4. The van der Waals surface area contributed by atoms with Gasteiger partial charge >= 0.3 is 29.4 Å². The number of ether oxygens (including phenoxy) is 1. The summed E-state index contributed by atoms with van der Waals surface area (Å²) in [7, 11) is -13.6. The summed E-state index contributed by atoms with van der Waals surface area (Å²) in [5.41, 5.74) is 11.0. The first-order valence-corrected chi connectivity index (χ1v) is 14.9. The molecule has 1 unspecified atom stereocenters. The number of likely N-dealkylation sites (N-methyl/N-ethyl adjacent to an activating group) is 1. The molecule has 3 heterocycles. The Morgan fingerprint density at radius 3 is 2.15 bits per heavy atom. The molecular weight excluding hydrogens is 629 g/mol. The highest BCUT2D eigenvalue weighted by atomic mass is 31.3. The highest BCUT2D eigenvalue weighted by molar-refractivity contribution is 7.60. The third-order valence-electron chi connectivity index (χ3n) is 4.39. The van der Waals surface area contributed by atoms with Gasteiger partial charge in [0.2, 0.25) is 0 Å². The van der Waals surface area contributed by atoms with Gasteiger partial charge in [-0.2, -0.15) is 4.31 Å². The number of nitrogen functional groups attached to an aromatic ring is 1. The van der Waals surface area contributed by atoms with Gasteiger partial charge in [0, 0.05) is 7.05 Å². The van der Waals surface area contributed by atoms with Crippen molar-refractivity contribution in [2.24, 2.45) is 5.73 Å². The van der Waals surface area contributed by atoms with E-state index in [9.17, 15) is 29.0 Å². The van der Waals surface area contributed by atoms with Crippen LogP contribution in [0.5, 0.6) is 0 Å². The second-order valence-corrected chi connectivity index (χ2v) is 11.5. The SMILES string of the molecule is CN(CC(=O)O)C(=N)N.Nc1ncnc2c1ncn2[C@@H]1O[C@H](COP(=O)(O)OP(=O)(O)O)[C@@H](O)[C@H]1O.O=P(O)(O)O. The normalized spacial score (nSPS) is 22.1. The van der Waals surface area contributed by atoms with Crippen LogP contribution in [-0.4, -0.2) is 120 Å². The molecule has 41 heavy (non-hydrogen) atoms. The maximum absolute atomic E-state index is 11.5. The van der Waals surface area contributed by atoms with Crippen LogP contribution >= 0.6 is 23.5 Å². The number of aliphatic hydroxyl groups is 2. The summed E-state index contributed by atoms with van der Waals surface area (Å²) >= 11 is 0. The van der Waals surface area contributed by atoms with Crippen molar-refractivity contribution in [3.05, 3.63) is 12.7 Å². The van der Waals surface area contributed by atoms with E-state index >= 15 is 0 Å². The van der Waals surface area contributed by atoms with Gasteiger partial charge in [-0.15, -0.1) is 0 Å². The quantitative estimate of drug-likeness (QED) is 0.0736. The number of nitrogens with one attached hydrogen (secondary N) is 1. The topological polar surface area (TPSA) is 401 Å². The second-order valence-electron chi connectivity index (χ2n) is 7.61. The van der Waals surface area contributed by atoms with Gasteiger partial charge in [-0.05, 0) is 0 Å². The number of phosphoric ester groups is 1. The molecule has 27 heteroatoms. The summed E-state index contributed by atoms with van der Waals surface area (Å²) in [6.07, 6.45) is -3.20. The number of phosphoric acid groups is 3. The highest BCUT2D eigenvalue weighted by Crippen LogP contribution is 2.57. The molecule has 14 N–H and O–H groups in total. The maximum Gasteiger partial charge on any atom is 0.481 e. The van der Waals surface area contributed by atoms with Gasteiger partial charge in [0.05, 0.1) is 12.9 Å². The average molecular weight is 656 g/mol. The Kier molecular flexibility index (Phi) is 12.9. The molecular formula is C14H27N8O16P3. The summed E-state index contributed by atoms with van der Waals surface area (Å²) in [5.74, 6) is -1.15. The van der Waals surface area contributed by atoms with E-state index in [1.54, 1.807) is 0 Å². The minimum Gasteiger partial charge on any atom is -0.480 e. The third-order valence-corrected chi connectivity index (χ3v) is 6.55. The summed E-state index contributed by atoms with van der Waals surface area (Å²) < 4.78 is 45.7. The van der Waals surface area contributed by atoms with Crippen LogP contribution in [0.3, 0.4) is 0 Å². The van der Waals surface area contributed by atoms with Crippen LogP contribution in [0.25, 0.3) is 11.2 Å². The molecule has 1 fully saturated rings. The standard InChI is InChI=1S/C10H15N5O10P2.C4H9N3O2.H3O4P/c11-8-5-9(13-2-12-8)15(3-14-5)10-7(17)6(16)4(24-10)1-23-27(21,22)25-26(18,19)20;1-7(4(5)6)2-3(8)9;1-5(2,3)4/h2-4,6-7,10,16-17H,1H2,(H,21,22)(H2,11,12,13)(H2,18,19,20);2H2,1H3,(H3,5,6)(H,8,9);(H3,1,2,3,4)/t4-,6-,7-,10-;;/m1../s1. The molecule has 0 spiro atoms. The number of carboxylic acids is 1. The summed E-state index contributed by atoms with van der Waals surface area (Å²) in [6, 6.07) is 0. The number of aliphatic hydroxyl groups excluding tert-OH is 2. The first-order chi connectivity index (χ1) is 18.5. The smallest absolute Gasteiger partial charge is 0.480 e. The van der Waals surface area contributed by atoms with E-state index in [1.165, 1.54) is 17.9 Å². The van der Waals surface area contributed by atoms with Crippen LogP contribution < -0.4 is 11.5 Å². The number of aliphatic carboxylic acids is 1. The number of rotatable bonds is 8. The van der Waals surface area contributed by atoms with Gasteiger partial charge in [-0.1, -0.05) is 0 Å². The number of nitrogens with zero attached hydrogens (tertiary/aromatic N) is 5. The van der Waals surface area contributed by atoms with E-state index < -0.39 is 60.6 Å². The lowest BCUT2D eigenvalue weighted by molar-refractivity contribution is -0.137. The lowest BCUT2D eigenvalue weighted by Gasteiger charge is -2.17. The van der Waals surface area contributed by atoms with Crippen molar-refractivity contribution < 1.29 is 76.7 Å². The minimum atomic E-state index is -5.29. The fourth-order valence-corrected chi connectivity index (χ4v) is 4.37. The Morgan fingerprint density at radius 2 is 1.68 bits per heavy atom. The maximum atomic E-state index is 11.5. The van der Waals surface area contributed by atoms with Gasteiger partial charge in [0.15, 0.2) is 23.7 Å². The molecule has 0 radical (unpaired) electrons. The summed E-state index contributed by atoms with van der Waals surface area (Å²) in [6.45, 7) is -1.04. The van der Waals surface area contributed by atoms with E-state index in [4.69, 9.17) is 55.8 Å². The monoisotopic (exact) mass is 656 g/mol. The number of nitrogens with two attached hydrogens (primary N) is 2. The van der Waals surface area contributed by atoms with E-state index in [1.807, 2.05) is 0 Å². The number of anilines is 1. The van der Waals surface area contributed by atoms with Gasteiger partial charge in [-0.25, -0.2) is 28.6 Å². The lowest BCUT2D eigenvalue weighted by Crippen LogP contribution is -2.36. The van der Waals surface area contributed by atoms with Crippen LogP contribution in [0.4, 0.5) is 5.82 Å². The molecule has 0 amide bonds. The minimum absolute atomic E-state index is 0.0856. The molecule has 234 valence electrons. The Balaban J connectivity index is 0.000000499. The van der Waals surface area contributed by atoms with E-state index in [2.05, 4.69) is 23.8 Å². The van der Waals surface area contributed by atoms with E-state index in [0.29, 0.717) is 0 Å². The van der Waals surface area contributed by atoms with Crippen molar-refractivity contribution in [1.82, 2.24) is 24.4 Å². The van der Waals surface area contributed by atoms with E-state index in [-0.39, 0.29) is 29.5 Å². The number of aromatic nitrogens is 4. The predicted molar refractivity (Wildman–Crippen MR) is 131 cm³/mol. The van der Waals surface area contributed by atoms with Crippen LogP contribution in [0.1, 0.15) is 6.23 Å². The van der Waals surface area contributed by atoms with E-state index in [0.717, 1.165) is 11.2 Å². The number of guanidine groups is 1. The van der Waals surface area contributed by atoms with Crippen LogP contribution in [-0.2, 0) is 32.1 Å². The van der Waals surface area contributed by atoms with Gasteiger partial charge in [0.1, 0.15) is 36.7 Å². The van der Waals surface area contributed by atoms with Crippen molar-refractivity contribution in [1.29, 1.82) is 5.41 Å². The Morgan fingerprint density at radius 1 is 1.12 bits per heavy atom. The highest BCUT2D eigenvalue weighted by Gasteiger charge is 2.46.